The monoisotopic (exact) mass is 453 g/mol. The van der Waals surface area contributed by atoms with Gasteiger partial charge in [0.05, 0.1) is 10.1 Å². The number of allylic oxidation sites excluding steroid dienone is 1. The highest BCUT2D eigenvalue weighted by Gasteiger charge is 2.40. The molecule has 0 bridgehead atoms. The van der Waals surface area contributed by atoms with Gasteiger partial charge in [0, 0.05) is 37.7 Å². The van der Waals surface area contributed by atoms with Crippen LogP contribution >= 0.6 is 0 Å². The van der Waals surface area contributed by atoms with Crippen LogP contribution in [0.15, 0.2) is 41.4 Å². The molecular formula is C24H27N3O4S. The molecule has 2 aromatic rings. The Kier molecular flexibility index (Phi) is 5.28. The van der Waals surface area contributed by atoms with E-state index in [2.05, 4.69) is 10.4 Å². The zero-order chi connectivity index (χ0) is 22.5. The zero-order valence-electron chi connectivity index (χ0n) is 18.1. The first-order chi connectivity index (χ1) is 15.3. The summed E-state index contributed by atoms with van der Waals surface area (Å²) >= 11 is 0. The van der Waals surface area contributed by atoms with Gasteiger partial charge >= 0.3 is 0 Å². The maximum Gasteiger partial charge on any atom is 0.257 e. The predicted molar refractivity (Wildman–Crippen MR) is 121 cm³/mol. The normalized spacial score (nSPS) is 21.7. The molecule has 0 radical (unpaired) electrons. The molecule has 3 fully saturated rings. The summed E-state index contributed by atoms with van der Waals surface area (Å²) < 4.78 is 27.6. The van der Waals surface area contributed by atoms with Crippen molar-refractivity contribution in [3.8, 4) is 0 Å². The number of nitrogens with one attached hydrogen (secondary N) is 1. The summed E-state index contributed by atoms with van der Waals surface area (Å²) in [5.41, 5.74) is 1.98. The van der Waals surface area contributed by atoms with Crippen molar-refractivity contribution in [3.63, 3.8) is 0 Å². The summed E-state index contributed by atoms with van der Waals surface area (Å²) in [4.78, 5) is 25.5. The van der Waals surface area contributed by atoms with E-state index >= 15 is 0 Å². The van der Waals surface area contributed by atoms with Crippen LogP contribution in [-0.2, 0) is 26.5 Å². The Bertz CT molecular complexity index is 1220. The van der Waals surface area contributed by atoms with Gasteiger partial charge < -0.3 is 5.32 Å². The molecule has 8 heteroatoms. The predicted octanol–water partition coefficient (Wildman–Crippen LogP) is 3.62. The second-order valence-electron chi connectivity index (χ2n) is 9.22. The summed E-state index contributed by atoms with van der Waals surface area (Å²) in [5, 5.41) is 6.80. The molecule has 3 saturated carbocycles. The van der Waals surface area contributed by atoms with Crippen LogP contribution in [0.5, 0.6) is 0 Å². The summed E-state index contributed by atoms with van der Waals surface area (Å²) in [6.45, 7) is 0. The number of amides is 1. The molecule has 32 heavy (non-hydrogen) atoms. The number of rotatable bonds is 7. The van der Waals surface area contributed by atoms with Gasteiger partial charge in [-0.25, -0.2) is 8.42 Å². The molecule has 1 amide bonds. The molecule has 168 valence electrons. The first-order valence-electron chi connectivity index (χ1n) is 11.2. The van der Waals surface area contributed by atoms with E-state index in [1.165, 1.54) is 0 Å². The van der Waals surface area contributed by atoms with E-state index in [0.717, 1.165) is 37.7 Å². The first-order valence-corrected chi connectivity index (χ1v) is 12.8. The second-order valence-corrected chi connectivity index (χ2v) is 11.4. The van der Waals surface area contributed by atoms with Crippen molar-refractivity contribution in [2.45, 2.75) is 61.0 Å². The highest BCUT2D eigenvalue weighted by Crippen LogP contribution is 2.46. The number of aromatic nitrogens is 2. The van der Waals surface area contributed by atoms with E-state index in [9.17, 15) is 18.0 Å². The number of Topliss-reactive ketones (excluding diaryl/α,β-unsaturated/α-hetero) is 1. The van der Waals surface area contributed by atoms with Gasteiger partial charge in [0.1, 0.15) is 5.78 Å². The number of ketones is 1. The molecule has 7 nitrogen and oxygen atoms in total. The SMILES string of the molecule is Cn1ccc(NC(=O)/C(=C/[C@@H]2CCC(=O)C2)c2ccc(S(=O)(=O)C3CC3)c(C3CC3)c2)n1. The van der Waals surface area contributed by atoms with Gasteiger partial charge in [0.2, 0.25) is 0 Å². The number of hydrogen-bond donors (Lipinski definition) is 1. The first kappa shape index (κ1) is 21.1. The fourth-order valence-electron chi connectivity index (χ4n) is 4.44. The summed E-state index contributed by atoms with van der Waals surface area (Å²) in [7, 11) is -1.54. The van der Waals surface area contributed by atoms with Crippen molar-refractivity contribution in [1.82, 2.24) is 9.78 Å². The maximum atomic E-state index is 13.3. The molecule has 1 aromatic carbocycles. The van der Waals surface area contributed by atoms with Gasteiger partial charge in [-0.05, 0) is 67.2 Å². The summed E-state index contributed by atoms with van der Waals surface area (Å²) in [5.74, 6) is 0.585. The van der Waals surface area contributed by atoms with Crippen LogP contribution in [0, 0.1) is 5.92 Å². The van der Waals surface area contributed by atoms with E-state index in [4.69, 9.17) is 0 Å². The third-order valence-corrected chi connectivity index (χ3v) is 8.83. The van der Waals surface area contributed by atoms with Crippen molar-refractivity contribution in [2.75, 3.05) is 5.32 Å². The molecule has 0 aliphatic heterocycles. The average molecular weight is 454 g/mol. The van der Waals surface area contributed by atoms with Gasteiger partial charge in [-0.2, -0.15) is 5.10 Å². The Hall–Kier alpha value is -2.74. The standard InChI is InChI=1S/C24H27N3O4S/c1-27-11-10-23(26-27)25-24(29)21(13-15-2-6-18(28)12-15)17-5-9-22(20(14-17)16-3-4-16)32(30,31)19-7-8-19/h5,9-11,13-16,19H,2-4,6-8,12H2,1H3,(H,25,26,29)/b21-13+/t15-/m1/s1. The number of hydrogen-bond acceptors (Lipinski definition) is 5. The third kappa shape index (κ3) is 4.28. The van der Waals surface area contributed by atoms with Gasteiger partial charge in [-0.15, -0.1) is 0 Å². The van der Waals surface area contributed by atoms with E-state index in [1.807, 2.05) is 12.1 Å². The van der Waals surface area contributed by atoms with Crippen LogP contribution < -0.4 is 5.32 Å². The number of aryl methyl sites for hydroxylation is 1. The number of benzene rings is 1. The lowest BCUT2D eigenvalue weighted by atomic mass is 9.95. The molecule has 3 aliphatic rings. The van der Waals surface area contributed by atoms with E-state index in [0.29, 0.717) is 34.7 Å². The fraction of sp³-hybridized carbons (Fsp3) is 0.458. The number of anilines is 1. The van der Waals surface area contributed by atoms with Gasteiger partial charge in [-0.3, -0.25) is 14.3 Å². The van der Waals surface area contributed by atoms with Crippen LogP contribution in [-0.4, -0.2) is 35.1 Å². The van der Waals surface area contributed by atoms with Crippen molar-refractivity contribution in [3.05, 3.63) is 47.7 Å². The maximum absolute atomic E-state index is 13.3. The number of carbonyl (C=O) groups excluding carboxylic acids is 2. The lowest BCUT2D eigenvalue weighted by Crippen LogP contribution is -2.16. The molecule has 0 spiro atoms. The lowest BCUT2D eigenvalue weighted by molar-refractivity contribution is -0.117. The Morgan fingerprint density at radius 2 is 1.94 bits per heavy atom. The molecule has 1 aromatic heterocycles. The quantitative estimate of drug-likeness (QED) is 0.646. The smallest absolute Gasteiger partial charge is 0.257 e. The summed E-state index contributed by atoms with van der Waals surface area (Å²) in [6, 6.07) is 7.02. The lowest BCUT2D eigenvalue weighted by Gasteiger charge is -2.15. The average Bonchev–Trinajstić information content (AvgIpc) is 3.68. The zero-order valence-corrected chi connectivity index (χ0v) is 18.9. The van der Waals surface area contributed by atoms with Crippen LogP contribution in [0.1, 0.15) is 62.0 Å². The van der Waals surface area contributed by atoms with Crippen molar-refractivity contribution >= 4 is 32.9 Å². The van der Waals surface area contributed by atoms with E-state index in [1.54, 1.807) is 36.1 Å². The third-order valence-electron chi connectivity index (χ3n) is 6.49. The topological polar surface area (TPSA) is 98.1 Å². The van der Waals surface area contributed by atoms with Gasteiger partial charge in [0.15, 0.2) is 15.7 Å². The summed E-state index contributed by atoms with van der Waals surface area (Å²) in [6.07, 6.45) is 8.69. The minimum Gasteiger partial charge on any atom is -0.305 e. The second kappa shape index (κ2) is 7.99. The minimum absolute atomic E-state index is 0.00577. The Morgan fingerprint density at radius 1 is 1.16 bits per heavy atom. The van der Waals surface area contributed by atoms with Gasteiger partial charge in [-0.1, -0.05) is 12.1 Å². The highest BCUT2D eigenvalue weighted by atomic mass is 32.2. The molecule has 1 heterocycles. The van der Waals surface area contributed by atoms with Crippen LogP contribution in [0.25, 0.3) is 5.57 Å². The van der Waals surface area contributed by atoms with Crippen LogP contribution in [0.2, 0.25) is 0 Å². The minimum atomic E-state index is -3.32. The molecule has 1 atom stereocenters. The Morgan fingerprint density at radius 3 is 2.53 bits per heavy atom. The van der Waals surface area contributed by atoms with E-state index < -0.39 is 9.84 Å². The molecule has 1 N–H and O–H groups in total. The highest BCUT2D eigenvalue weighted by molar-refractivity contribution is 7.92. The number of nitrogens with zero attached hydrogens (tertiary/aromatic N) is 2. The van der Waals surface area contributed by atoms with Crippen LogP contribution in [0.3, 0.4) is 0 Å². The van der Waals surface area contributed by atoms with Crippen molar-refractivity contribution in [2.24, 2.45) is 13.0 Å². The van der Waals surface area contributed by atoms with Crippen LogP contribution in [0.4, 0.5) is 5.82 Å². The molecule has 0 unspecified atom stereocenters. The molecule has 3 aliphatic carbocycles. The molecular weight excluding hydrogens is 426 g/mol. The molecule has 5 rings (SSSR count). The fourth-order valence-corrected chi connectivity index (χ4v) is 6.36. The largest absolute Gasteiger partial charge is 0.305 e. The molecule has 0 saturated heterocycles. The number of sulfone groups is 1. The van der Waals surface area contributed by atoms with Crippen molar-refractivity contribution < 1.29 is 18.0 Å². The van der Waals surface area contributed by atoms with Crippen molar-refractivity contribution in [1.29, 1.82) is 0 Å². The van der Waals surface area contributed by atoms with Gasteiger partial charge in [0.25, 0.3) is 5.91 Å². The van der Waals surface area contributed by atoms with E-state index in [-0.39, 0.29) is 28.8 Å². The Labute approximate surface area is 187 Å². The Balaban J connectivity index is 1.53. The number of carbonyl (C=O) groups is 2.